The molecule has 0 aromatic heterocycles. The number of hydrogen-bond donors (Lipinski definition) is 0. The van der Waals surface area contributed by atoms with Crippen molar-refractivity contribution in [2.24, 2.45) is 0 Å². The summed E-state index contributed by atoms with van der Waals surface area (Å²) in [4.78, 5) is 38.3. The molecule has 71 heavy (non-hydrogen) atoms. The number of hydrogen-bond acceptors (Lipinski definition) is 6. The second kappa shape index (κ2) is 59.9. The van der Waals surface area contributed by atoms with Gasteiger partial charge in [0.25, 0.3) is 0 Å². The van der Waals surface area contributed by atoms with Crippen molar-refractivity contribution in [1.82, 2.24) is 0 Å². The predicted octanol–water partition coefficient (Wildman–Crippen LogP) is 21.0. The number of esters is 3. The minimum Gasteiger partial charge on any atom is -0.462 e. The van der Waals surface area contributed by atoms with Crippen LogP contribution in [0.2, 0.25) is 0 Å². The molecule has 0 aromatic rings. The first-order chi connectivity index (χ1) is 35.0. The van der Waals surface area contributed by atoms with Crippen molar-refractivity contribution in [3.05, 3.63) is 48.6 Å². The van der Waals surface area contributed by atoms with E-state index in [1.165, 1.54) is 205 Å². The minimum absolute atomic E-state index is 0.0687. The van der Waals surface area contributed by atoms with Gasteiger partial charge in [0.1, 0.15) is 13.2 Å². The zero-order valence-corrected chi connectivity index (χ0v) is 47.5. The number of rotatable bonds is 57. The molecule has 0 fully saturated rings. The molecule has 6 heteroatoms. The van der Waals surface area contributed by atoms with Crippen LogP contribution < -0.4 is 0 Å². The average molecular weight is 996 g/mol. The quantitative estimate of drug-likeness (QED) is 0.0261. The lowest BCUT2D eigenvalue weighted by Gasteiger charge is -2.18. The summed E-state index contributed by atoms with van der Waals surface area (Å²) in [5.41, 5.74) is 0. The first-order valence-electron chi connectivity index (χ1n) is 31.1. The Morgan fingerprint density at radius 2 is 0.549 bits per heavy atom. The molecule has 0 amide bonds. The standard InChI is InChI=1S/C65H118O6/c1-4-7-10-13-16-19-22-25-28-29-30-31-32-33-34-35-38-40-43-46-49-52-55-58-64(67)70-61-62(71-65(68)59-56-53-50-47-44-41-37-27-24-21-18-15-12-9-6-3)60-69-63(66)57-54-51-48-45-42-39-36-26-23-20-17-14-11-8-5-2/h7,10,16,19,25,28,30-31,62H,4-6,8-9,11-15,17-18,20-24,26-27,29,32-61H2,1-3H3/b10-7-,19-16-,28-25-,31-30-. The van der Waals surface area contributed by atoms with Crippen molar-refractivity contribution in [3.63, 3.8) is 0 Å². The lowest BCUT2D eigenvalue weighted by Crippen LogP contribution is -2.30. The molecule has 0 aliphatic carbocycles. The molecule has 1 unspecified atom stereocenters. The van der Waals surface area contributed by atoms with Gasteiger partial charge in [0.2, 0.25) is 0 Å². The fourth-order valence-corrected chi connectivity index (χ4v) is 9.20. The highest BCUT2D eigenvalue weighted by Crippen LogP contribution is 2.17. The molecule has 0 spiro atoms. The smallest absolute Gasteiger partial charge is 0.306 e. The van der Waals surface area contributed by atoms with Crippen LogP contribution in [0.4, 0.5) is 0 Å². The maximum Gasteiger partial charge on any atom is 0.306 e. The average Bonchev–Trinajstić information content (AvgIpc) is 3.37. The van der Waals surface area contributed by atoms with Crippen molar-refractivity contribution in [2.45, 2.75) is 335 Å². The topological polar surface area (TPSA) is 78.9 Å². The predicted molar refractivity (Wildman–Crippen MR) is 307 cm³/mol. The maximum atomic E-state index is 12.9. The molecule has 0 saturated heterocycles. The summed E-state index contributed by atoms with van der Waals surface area (Å²) in [6, 6.07) is 0. The summed E-state index contributed by atoms with van der Waals surface area (Å²) in [5.74, 6) is -0.851. The van der Waals surface area contributed by atoms with Gasteiger partial charge in [-0.3, -0.25) is 14.4 Å². The summed E-state index contributed by atoms with van der Waals surface area (Å²) in [6.07, 6.45) is 73.9. The van der Waals surface area contributed by atoms with Crippen molar-refractivity contribution in [1.29, 1.82) is 0 Å². The molecule has 6 nitrogen and oxygen atoms in total. The molecule has 0 N–H and O–H groups in total. The van der Waals surface area contributed by atoms with Crippen LogP contribution in [0.3, 0.4) is 0 Å². The largest absolute Gasteiger partial charge is 0.462 e. The highest BCUT2D eigenvalue weighted by Gasteiger charge is 2.19. The van der Waals surface area contributed by atoms with E-state index in [2.05, 4.69) is 69.4 Å². The Labute approximate surface area is 441 Å². The van der Waals surface area contributed by atoms with Crippen LogP contribution in [0.25, 0.3) is 0 Å². The van der Waals surface area contributed by atoms with Gasteiger partial charge in [-0.1, -0.05) is 301 Å². The molecule has 0 aliphatic heterocycles. The normalized spacial score (nSPS) is 12.3. The van der Waals surface area contributed by atoms with E-state index in [-0.39, 0.29) is 31.1 Å². The van der Waals surface area contributed by atoms with E-state index in [1.807, 2.05) is 0 Å². The number of carbonyl (C=O) groups excluding carboxylic acids is 3. The number of allylic oxidation sites excluding steroid dienone is 8. The van der Waals surface area contributed by atoms with Crippen LogP contribution >= 0.6 is 0 Å². The van der Waals surface area contributed by atoms with E-state index in [0.29, 0.717) is 19.3 Å². The molecule has 0 aromatic carbocycles. The fourth-order valence-electron chi connectivity index (χ4n) is 9.20. The Balaban J connectivity index is 4.29. The van der Waals surface area contributed by atoms with E-state index in [0.717, 1.165) is 83.5 Å². The number of carbonyl (C=O) groups is 3. The molecule has 0 aliphatic rings. The van der Waals surface area contributed by atoms with E-state index >= 15 is 0 Å². The molecule has 0 rings (SSSR count). The molecule has 0 heterocycles. The Bertz CT molecular complexity index is 1230. The summed E-state index contributed by atoms with van der Waals surface area (Å²) >= 11 is 0. The first kappa shape index (κ1) is 68.4. The molecule has 0 bridgehead atoms. The monoisotopic (exact) mass is 995 g/mol. The van der Waals surface area contributed by atoms with Gasteiger partial charge in [0, 0.05) is 19.3 Å². The zero-order chi connectivity index (χ0) is 51.4. The molecular formula is C65H118O6. The lowest BCUT2D eigenvalue weighted by atomic mass is 10.0. The Hall–Kier alpha value is -2.63. The maximum absolute atomic E-state index is 12.9. The van der Waals surface area contributed by atoms with Gasteiger partial charge in [-0.25, -0.2) is 0 Å². The van der Waals surface area contributed by atoms with Gasteiger partial charge in [-0.15, -0.1) is 0 Å². The van der Waals surface area contributed by atoms with Crippen molar-refractivity contribution in [2.75, 3.05) is 13.2 Å². The first-order valence-corrected chi connectivity index (χ1v) is 31.1. The van der Waals surface area contributed by atoms with Crippen molar-refractivity contribution >= 4 is 17.9 Å². The molecule has 1 atom stereocenters. The Morgan fingerprint density at radius 1 is 0.296 bits per heavy atom. The third-order valence-electron chi connectivity index (χ3n) is 13.8. The molecule has 0 saturated carbocycles. The van der Waals surface area contributed by atoms with Gasteiger partial charge in [-0.05, 0) is 57.8 Å². The highest BCUT2D eigenvalue weighted by molar-refractivity contribution is 5.71. The Kier molecular flexibility index (Phi) is 57.7. The van der Waals surface area contributed by atoms with Crippen LogP contribution in [-0.4, -0.2) is 37.2 Å². The second-order valence-corrected chi connectivity index (χ2v) is 21.0. The lowest BCUT2D eigenvalue weighted by molar-refractivity contribution is -0.167. The van der Waals surface area contributed by atoms with E-state index in [1.54, 1.807) is 0 Å². The van der Waals surface area contributed by atoms with Crippen LogP contribution in [0.5, 0.6) is 0 Å². The summed E-state index contributed by atoms with van der Waals surface area (Å²) in [7, 11) is 0. The molecular weight excluding hydrogens is 877 g/mol. The van der Waals surface area contributed by atoms with Crippen LogP contribution in [0.15, 0.2) is 48.6 Å². The third kappa shape index (κ3) is 58.1. The molecule has 414 valence electrons. The minimum atomic E-state index is -0.771. The second-order valence-electron chi connectivity index (χ2n) is 21.0. The molecule has 0 radical (unpaired) electrons. The number of ether oxygens (including phenoxy) is 3. The van der Waals surface area contributed by atoms with Crippen LogP contribution in [-0.2, 0) is 28.6 Å². The van der Waals surface area contributed by atoms with E-state index in [4.69, 9.17) is 14.2 Å². The Morgan fingerprint density at radius 3 is 0.859 bits per heavy atom. The van der Waals surface area contributed by atoms with Gasteiger partial charge in [-0.2, -0.15) is 0 Å². The number of unbranched alkanes of at least 4 members (excludes halogenated alkanes) is 38. The van der Waals surface area contributed by atoms with Crippen LogP contribution in [0.1, 0.15) is 329 Å². The fraction of sp³-hybridized carbons (Fsp3) is 0.831. The van der Waals surface area contributed by atoms with E-state index in [9.17, 15) is 14.4 Å². The van der Waals surface area contributed by atoms with Gasteiger partial charge >= 0.3 is 17.9 Å². The third-order valence-corrected chi connectivity index (χ3v) is 13.8. The van der Waals surface area contributed by atoms with Crippen LogP contribution in [0, 0.1) is 0 Å². The van der Waals surface area contributed by atoms with Crippen molar-refractivity contribution in [3.8, 4) is 0 Å². The van der Waals surface area contributed by atoms with Crippen molar-refractivity contribution < 1.29 is 28.6 Å². The van der Waals surface area contributed by atoms with E-state index < -0.39 is 6.10 Å². The summed E-state index contributed by atoms with van der Waals surface area (Å²) in [6.45, 7) is 6.58. The zero-order valence-electron chi connectivity index (χ0n) is 47.5. The SMILES string of the molecule is CC/C=C\C/C=C\C/C=C\C/C=C\CCCCCCCCCCCCC(=O)OCC(COC(=O)CCCCCCCCCCCCCCCCC)OC(=O)CCCCCCCCCCCCCCCCC. The van der Waals surface area contributed by atoms with Gasteiger partial charge in [0.15, 0.2) is 6.10 Å². The van der Waals surface area contributed by atoms with Gasteiger partial charge in [0.05, 0.1) is 0 Å². The van der Waals surface area contributed by atoms with Gasteiger partial charge < -0.3 is 14.2 Å². The summed E-state index contributed by atoms with van der Waals surface area (Å²) < 4.78 is 16.9. The highest BCUT2D eigenvalue weighted by atomic mass is 16.6. The summed E-state index contributed by atoms with van der Waals surface area (Å²) in [5, 5.41) is 0.